The molecule has 1 atom stereocenters. The van der Waals surface area contributed by atoms with Crippen molar-refractivity contribution in [3.05, 3.63) is 11.7 Å². The van der Waals surface area contributed by atoms with E-state index in [1.807, 2.05) is 25.8 Å². The van der Waals surface area contributed by atoms with Crippen LogP contribution in [0.25, 0.3) is 0 Å². The normalized spacial score (nSPS) is 13.4. The van der Waals surface area contributed by atoms with Gasteiger partial charge in [0.1, 0.15) is 0 Å². The minimum Gasteiger partial charge on any atom is -0.392 e. The van der Waals surface area contributed by atoms with Crippen molar-refractivity contribution in [2.24, 2.45) is 0 Å². The van der Waals surface area contributed by atoms with Crippen LogP contribution in [0.2, 0.25) is 0 Å². The first kappa shape index (κ1) is 12.1. The van der Waals surface area contributed by atoms with Crippen molar-refractivity contribution in [1.29, 1.82) is 0 Å². The molecule has 0 amide bonds. The van der Waals surface area contributed by atoms with Crippen LogP contribution in [-0.2, 0) is 13.0 Å². The molecule has 86 valence electrons. The van der Waals surface area contributed by atoms with Crippen LogP contribution in [0, 0.1) is 0 Å². The van der Waals surface area contributed by atoms with Gasteiger partial charge in [0.25, 0.3) is 0 Å². The van der Waals surface area contributed by atoms with Gasteiger partial charge >= 0.3 is 0 Å². The molecule has 0 aliphatic heterocycles. The molecule has 0 fully saturated rings. The predicted molar refractivity (Wildman–Crippen MR) is 56.3 cm³/mol. The zero-order valence-electron chi connectivity index (χ0n) is 9.60. The van der Waals surface area contributed by atoms with Gasteiger partial charge in [-0.1, -0.05) is 19.0 Å². The number of likely N-dealkylation sites (N-methyl/N-ethyl adjacent to an activating group) is 1. The van der Waals surface area contributed by atoms with Gasteiger partial charge in [-0.15, -0.1) is 0 Å². The topological polar surface area (TPSA) is 62.4 Å². The number of aryl methyl sites for hydroxylation is 1. The molecule has 0 unspecified atom stereocenters. The van der Waals surface area contributed by atoms with Crippen molar-refractivity contribution in [1.82, 2.24) is 15.0 Å². The van der Waals surface area contributed by atoms with Crippen LogP contribution in [0.15, 0.2) is 4.52 Å². The molecule has 0 bridgehead atoms. The van der Waals surface area contributed by atoms with Crippen molar-refractivity contribution >= 4 is 0 Å². The average Bonchev–Trinajstić information content (AvgIpc) is 2.65. The Kier molecular flexibility index (Phi) is 4.71. The molecular formula is C10H19N3O2. The molecule has 1 heterocycles. The first-order valence-electron chi connectivity index (χ1n) is 5.33. The molecule has 0 saturated carbocycles. The quantitative estimate of drug-likeness (QED) is 0.758. The summed E-state index contributed by atoms with van der Waals surface area (Å²) in [7, 11) is 1.93. The number of nitrogens with zero attached hydrogens (tertiary/aromatic N) is 3. The summed E-state index contributed by atoms with van der Waals surface area (Å²) in [6.45, 7) is 5.16. The number of aliphatic hydroxyl groups excluding tert-OH is 1. The summed E-state index contributed by atoms with van der Waals surface area (Å²) in [6, 6.07) is 0. The van der Waals surface area contributed by atoms with Gasteiger partial charge in [0, 0.05) is 13.0 Å². The van der Waals surface area contributed by atoms with Crippen molar-refractivity contribution in [3.8, 4) is 0 Å². The Morgan fingerprint density at radius 3 is 2.73 bits per heavy atom. The first-order valence-corrected chi connectivity index (χ1v) is 5.33. The molecule has 1 rings (SSSR count). The Labute approximate surface area is 90.1 Å². The van der Waals surface area contributed by atoms with Gasteiger partial charge in [0.05, 0.1) is 12.6 Å². The van der Waals surface area contributed by atoms with E-state index in [2.05, 4.69) is 10.1 Å². The van der Waals surface area contributed by atoms with E-state index in [0.29, 0.717) is 19.0 Å². The van der Waals surface area contributed by atoms with E-state index in [9.17, 15) is 5.11 Å². The molecule has 15 heavy (non-hydrogen) atoms. The molecule has 5 heteroatoms. The highest BCUT2D eigenvalue weighted by Gasteiger charge is 2.10. The third kappa shape index (κ3) is 3.97. The second kappa shape index (κ2) is 5.82. The summed E-state index contributed by atoms with van der Waals surface area (Å²) >= 11 is 0. The average molecular weight is 213 g/mol. The van der Waals surface area contributed by atoms with Crippen molar-refractivity contribution in [3.63, 3.8) is 0 Å². The van der Waals surface area contributed by atoms with E-state index in [4.69, 9.17) is 4.52 Å². The lowest BCUT2D eigenvalue weighted by molar-refractivity contribution is 0.114. The monoisotopic (exact) mass is 213 g/mol. The van der Waals surface area contributed by atoms with E-state index in [1.165, 1.54) is 0 Å². The molecule has 1 N–H and O–H groups in total. The van der Waals surface area contributed by atoms with Crippen LogP contribution in [-0.4, -0.2) is 39.8 Å². The molecule has 5 nitrogen and oxygen atoms in total. The maximum absolute atomic E-state index is 9.45. The van der Waals surface area contributed by atoms with Gasteiger partial charge in [-0.25, -0.2) is 0 Å². The Bertz CT molecular complexity index is 288. The number of rotatable bonds is 6. The Morgan fingerprint density at radius 2 is 2.20 bits per heavy atom. The number of hydrogen-bond acceptors (Lipinski definition) is 5. The summed E-state index contributed by atoms with van der Waals surface area (Å²) in [4.78, 5) is 6.17. The molecule has 0 aromatic carbocycles. The van der Waals surface area contributed by atoms with Crippen LogP contribution in [0.1, 0.15) is 32.0 Å². The first-order chi connectivity index (χ1) is 7.15. The van der Waals surface area contributed by atoms with Crippen LogP contribution in [0.4, 0.5) is 0 Å². The second-order valence-electron chi connectivity index (χ2n) is 3.72. The molecule has 1 aromatic heterocycles. The minimum atomic E-state index is -0.288. The molecule has 0 spiro atoms. The number of hydrogen-bond donors (Lipinski definition) is 1. The standard InChI is InChI=1S/C10H19N3O2/c1-4-8(14)6-13(3)7-10-11-9(5-2)12-15-10/h8,14H,4-7H2,1-3H3/t8-/m1/s1. The van der Waals surface area contributed by atoms with E-state index in [0.717, 1.165) is 18.7 Å². The van der Waals surface area contributed by atoms with Crippen LogP contribution in [0.3, 0.4) is 0 Å². The second-order valence-corrected chi connectivity index (χ2v) is 3.72. The van der Waals surface area contributed by atoms with E-state index < -0.39 is 0 Å². The smallest absolute Gasteiger partial charge is 0.240 e. The van der Waals surface area contributed by atoms with Crippen LogP contribution in [0.5, 0.6) is 0 Å². The van der Waals surface area contributed by atoms with Crippen molar-refractivity contribution in [2.45, 2.75) is 39.3 Å². The Morgan fingerprint density at radius 1 is 1.47 bits per heavy atom. The van der Waals surface area contributed by atoms with E-state index in [-0.39, 0.29) is 6.10 Å². The zero-order valence-corrected chi connectivity index (χ0v) is 9.60. The lowest BCUT2D eigenvalue weighted by atomic mass is 10.2. The fourth-order valence-corrected chi connectivity index (χ4v) is 1.28. The SMILES string of the molecule is CCc1noc(CN(C)C[C@H](O)CC)n1. The zero-order chi connectivity index (χ0) is 11.3. The van der Waals surface area contributed by atoms with Crippen molar-refractivity contribution in [2.75, 3.05) is 13.6 Å². The largest absolute Gasteiger partial charge is 0.392 e. The van der Waals surface area contributed by atoms with E-state index in [1.54, 1.807) is 0 Å². The van der Waals surface area contributed by atoms with Gasteiger partial charge in [0.15, 0.2) is 5.82 Å². The van der Waals surface area contributed by atoms with Crippen LogP contribution >= 0.6 is 0 Å². The lowest BCUT2D eigenvalue weighted by Crippen LogP contribution is -2.28. The van der Waals surface area contributed by atoms with Gasteiger partial charge in [0.2, 0.25) is 5.89 Å². The summed E-state index contributed by atoms with van der Waals surface area (Å²) < 4.78 is 5.06. The minimum absolute atomic E-state index is 0.288. The predicted octanol–water partition coefficient (Wildman–Crippen LogP) is 0.835. The molecule has 0 aliphatic rings. The number of aliphatic hydroxyl groups is 1. The molecule has 1 aromatic rings. The Balaban J connectivity index is 2.40. The fourth-order valence-electron chi connectivity index (χ4n) is 1.28. The Hall–Kier alpha value is -0.940. The van der Waals surface area contributed by atoms with Gasteiger partial charge < -0.3 is 9.63 Å². The maximum atomic E-state index is 9.45. The highest BCUT2D eigenvalue weighted by Crippen LogP contribution is 2.03. The maximum Gasteiger partial charge on any atom is 0.240 e. The number of aromatic nitrogens is 2. The van der Waals surface area contributed by atoms with Crippen LogP contribution < -0.4 is 0 Å². The van der Waals surface area contributed by atoms with Gasteiger partial charge in [-0.2, -0.15) is 4.98 Å². The fraction of sp³-hybridized carbons (Fsp3) is 0.800. The molecule has 0 aliphatic carbocycles. The highest BCUT2D eigenvalue weighted by atomic mass is 16.5. The molecule has 0 saturated heterocycles. The summed E-state index contributed by atoms with van der Waals surface area (Å²) in [6.07, 6.45) is 1.25. The summed E-state index contributed by atoms with van der Waals surface area (Å²) in [5.41, 5.74) is 0. The summed E-state index contributed by atoms with van der Waals surface area (Å²) in [5, 5.41) is 13.3. The van der Waals surface area contributed by atoms with Gasteiger partial charge in [-0.05, 0) is 13.5 Å². The molecule has 0 radical (unpaired) electrons. The lowest BCUT2D eigenvalue weighted by Gasteiger charge is -2.17. The van der Waals surface area contributed by atoms with Crippen molar-refractivity contribution < 1.29 is 9.63 Å². The third-order valence-corrected chi connectivity index (χ3v) is 2.23. The van der Waals surface area contributed by atoms with E-state index >= 15 is 0 Å². The van der Waals surface area contributed by atoms with Gasteiger partial charge in [-0.3, -0.25) is 4.90 Å². The summed E-state index contributed by atoms with van der Waals surface area (Å²) in [5.74, 6) is 1.34. The highest BCUT2D eigenvalue weighted by molar-refractivity contribution is 4.85. The molecular weight excluding hydrogens is 194 g/mol. The third-order valence-electron chi connectivity index (χ3n) is 2.23.